The van der Waals surface area contributed by atoms with Gasteiger partial charge in [0.25, 0.3) is 0 Å². The number of thioether (sulfide) groups is 1. The van der Waals surface area contributed by atoms with E-state index in [1.54, 1.807) is 0 Å². The van der Waals surface area contributed by atoms with E-state index in [-0.39, 0.29) is 16.7 Å². The summed E-state index contributed by atoms with van der Waals surface area (Å²) in [5, 5.41) is -0.154. The lowest BCUT2D eigenvalue weighted by atomic mass is 10.0. The van der Waals surface area contributed by atoms with Gasteiger partial charge in [-0.05, 0) is 22.9 Å². The first-order valence-corrected chi connectivity index (χ1v) is 6.70. The van der Waals surface area contributed by atoms with Gasteiger partial charge >= 0.3 is 5.30 Å². The minimum absolute atomic E-state index is 0.0427. The van der Waals surface area contributed by atoms with Crippen molar-refractivity contribution in [2.75, 3.05) is 0 Å². The Labute approximate surface area is 110 Å². The molecule has 1 aliphatic heterocycles. The highest BCUT2D eigenvalue weighted by molar-refractivity contribution is 8.13. The van der Waals surface area contributed by atoms with Gasteiger partial charge in [-0.2, -0.15) is 0 Å². The maximum atomic E-state index is 11.6. The smallest absolute Gasteiger partial charge is 0.368 e. The Bertz CT molecular complexity index is 489. The summed E-state index contributed by atoms with van der Waals surface area (Å²) in [6.45, 7) is 0. The largest absolute Gasteiger partial charge is 0.448 e. The third-order valence-electron chi connectivity index (χ3n) is 2.98. The molecule has 2 aromatic rings. The Morgan fingerprint density at radius 1 is 0.833 bits per heavy atom. The molecule has 2 aromatic carbocycles. The number of benzene rings is 2. The summed E-state index contributed by atoms with van der Waals surface area (Å²) >= 11 is 1.26. The van der Waals surface area contributed by atoms with E-state index in [4.69, 9.17) is 4.74 Å². The van der Waals surface area contributed by atoms with Crippen molar-refractivity contribution < 1.29 is 9.53 Å². The van der Waals surface area contributed by atoms with Crippen LogP contribution < -0.4 is 0 Å². The second-order valence-corrected chi connectivity index (χ2v) is 5.23. The maximum absolute atomic E-state index is 11.6. The molecule has 0 aliphatic carbocycles. The molecule has 1 fully saturated rings. The summed E-state index contributed by atoms with van der Waals surface area (Å²) in [7, 11) is 0. The molecular weight excluding hydrogens is 244 g/mol. The Morgan fingerprint density at radius 3 is 2.00 bits per heavy atom. The Hall–Kier alpha value is -1.74. The highest BCUT2D eigenvalue weighted by Gasteiger charge is 2.37. The minimum atomic E-state index is -0.197. The monoisotopic (exact) mass is 256 g/mol. The molecule has 1 aliphatic rings. The summed E-state index contributed by atoms with van der Waals surface area (Å²) in [4.78, 5) is 11.6. The molecule has 0 N–H and O–H groups in total. The van der Waals surface area contributed by atoms with E-state index in [9.17, 15) is 4.79 Å². The van der Waals surface area contributed by atoms with Gasteiger partial charge in [0.2, 0.25) is 0 Å². The van der Waals surface area contributed by atoms with Crippen LogP contribution in [0.3, 0.4) is 0 Å². The van der Waals surface area contributed by atoms with Crippen LogP contribution in [0.1, 0.15) is 22.5 Å². The van der Waals surface area contributed by atoms with Crippen molar-refractivity contribution in [3.63, 3.8) is 0 Å². The van der Waals surface area contributed by atoms with Crippen molar-refractivity contribution in [2.45, 2.75) is 11.4 Å². The molecule has 0 unspecified atom stereocenters. The summed E-state index contributed by atoms with van der Waals surface area (Å²) in [5.74, 6) is 0. The van der Waals surface area contributed by atoms with Crippen molar-refractivity contribution >= 4 is 17.1 Å². The molecule has 1 heterocycles. The van der Waals surface area contributed by atoms with E-state index in [1.807, 2.05) is 60.7 Å². The number of rotatable bonds is 2. The number of ether oxygens (including phenoxy) is 1. The van der Waals surface area contributed by atoms with Crippen LogP contribution in [-0.2, 0) is 4.74 Å². The van der Waals surface area contributed by atoms with Gasteiger partial charge in [0, 0.05) is 0 Å². The Morgan fingerprint density at radius 2 is 1.39 bits per heavy atom. The molecule has 2 nitrogen and oxygen atoms in total. The van der Waals surface area contributed by atoms with Crippen molar-refractivity contribution in [1.82, 2.24) is 0 Å². The molecule has 0 saturated carbocycles. The molecule has 0 spiro atoms. The fourth-order valence-electron chi connectivity index (χ4n) is 2.13. The quantitative estimate of drug-likeness (QED) is 0.747. The van der Waals surface area contributed by atoms with Crippen LogP contribution in [0.15, 0.2) is 60.7 Å². The van der Waals surface area contributed by atoms with E-state index >= 15 is 0 Å². The van der Waals surface area contributed by atoms with Gasteiger partial charge in [0.15, 0.2) is 0 Å². The van der Waals surface area contributed by atoms with Crippen molar-refractivity contribution in [3.05, 3.63) is 71.8 Å². The molecule has 0 aromatic heterocycles. The third-order valence-corrected chi connectivity index (χ3v) is 4.04. The molecular formula is C15H12O2S. The van der Waals surface area contributed by atoms with Gasteiger partial charge in [0.1, 0.15) is 6.10 Å². The lowest BCUT2D eigenvalue weighted by molar-refractivity contribution is 0.133. The fourth-order valence-corrected chi connectivity index (χ4v) is 3.13. The number of carbonyl (C=O) groups excluding carboxylic acids is 1. The SMILES string of the molecule is O=C1O[C@H](c2ccccc2)[C@@H](c2ccccc2)S1. The topological polar surface area (TPSA) is 26.3 Å². The predicted molar refractivity (Wildman–Crippen MR) is 72.4 cm³/mol. The summed E-state index contributed by atoms with van der Waals surface area (Å²) in [5.41, 5.74) is 2.17. The first-order chi connectivity index (χ1) is 8.84. The zero-order chi connectivity index (χ0) is 12.4. The lowest BCUT2D eigenvalue weighted by Gasteiger charge is -2.16. The zero-order valence-corrected chi connectivity index (χ0v) is 10.5. The minimum Gasteiger partial charge on any atom is -0.448 e. The first kappa shape index (κ1) is 11.4. The molecule has 0 bridgehead atoms. The van der Waals surface area contributed by atoms with E-state index in [0.717, 1.165) is 11.1 Å². The van der Waals surface area contributed by atoms with Gasteiger partial charge in [-0.3, -0.25) is 0 Å². The predicted octanol–water partition coefficient (Wildman–Crippen LogP) is 4.35. The van der Waals surface area contributed by atoms with Crippen LogP contribution in [0, 0.1) is 0 Å². The number of hydrogen-bond donors (Lipinski definition) is 0. The van der Waals surface area contributed by atoms with Crippen LogP contribution >= 0.6 is 11.8 Å². The second kappa shape index (κ2) is 4.86. The Kier molecular flexibility index (Phi) is 3.07. The standard InChI is InChI=1S/C15H12O2S/c16-15-17-13(11-7-3-1-4-8-11)14(18-15)12-9-5-2-6-10-12/h1-10,13-14H/t13-,14-/m1/s1. The molecule has 90 valence electrons. The first-order valence-electron chi connectivity index (χ1n) is 5.82. The number of carbonyl (C=O) groups is 1. The highest BCUT2D eigenvalue weighted by Crippen LogP contribution is 2.49. The second-order valence-electron chi connectivity index (χ2n) is 4.15. The van der Waals surface area contributed by atoms with E-state index in [2.05, 4.69) is 0 Å². The molecule has 0 amide bonds. The van der Waals surface area contributed by atoms with E-state index < -0.39 is 0 Å². The molecule has 18 heavy (non-hydrogen) atoms. The average molecular weight is 256 g/mol. The summed E-state index contributed by atoms with van der Waals surface area (Å²) in [6.07, 6.45) is -0.189. The molecule has 3 rings (SSSR count). The van der Waals surface area contributed by atoms with Gasteiger partial charge in [-0.1, -0.05) is 60.7 Å². The van der Waals surface area contributed by atoms with E-state index in [0.29, 0.717) is 0 Å². The summed E-state index contributed by atoms with van der Waals surface area (Å²) in [6, 6.07) is 19.9. The average Bonchev–Trinajstić information content (AvgIpc) is 2.83. The molecule has 0 radical (unpaired) electrons. The van der Waals surface area contributed by atoms with Crippen LogP contribution in [0.25, 0.3) is 0 Å². The van der Waals surface area contributed by atoms with Gasteiger partial charge < -0.3 is 4.74 Å². The normalized spacial score (nSPS) is 22.8. The van der Waals surface area contributed by atoms with Crippen LogP contribution in [-0.4, -0.2) is 5.30 Å². The molecule has 3 heteroatoms. The third kappa shape index (κ3) is 2.14. The van der Waals surface area contributed by atoms with Gasteiger partial charge in [-0.15, -0.1) is 0 Å². The molecule has 2 atom stereocenters. The van der Waals surface area contributed by atoms with Gasteiger partial charge in [-0.25, -0.2) is 4.79 Å². The van der Waals surface area contributed by atoms with Crippen LogP contribution in [0.5, 0.6) is 0 Å². The van der Waals surface area contributed by atoms with E-state index in [1.165, 1.54) is 11.8 Å². The van der Waals surface area contributed by atoms with Crippen LogP contribution in [0.4, 0.5) is 4.79 Å². The van der Waals surface area contributed by atoms with Crippen molar-refractivity contribution in [2.24, 2.45) is 0 Å². The van der Waals surface area contributed by atoms with Crippen LogP contribution in [0.2, 0.25) is 0 Å². The summed E-state index contributed by atoms with van der Waals surface area (Å²) < 4.78 is 5.44. The lowest BCUT2D eigenvalue weighted by Crippen LogP contribution is -2.04. The highest BCUT2D eigenvalue weighted by atomic mass is 32.2. The van der Waals surface area contributed by atoms with Gasteiger partial charge in [0.05, 0.1) is 5.25 Å². The maximum Gasteiger partial charge on any atom is 0.368 e. The van der Waals surface area contributed by atoms with Crippen molar-refractivity contribution in [1.29, 1.82) is 0 Å². The number of cyclic esters (lactones) is 1. The zero-order valence-electron chi connectivity index (χ0n) is 9.65. The fraction of sp³-hybridized carbons (Fsp3) is 0.133. The van der Waals surface area contributed by atoms with Crippen molar-refractivity contribution in [3.8, 4) is 0 Å². The number of hydrogen-bond acceptors (Lipinski definition) is 3. The molecule has 1 saturated heterocycles. The Balaban J connectivity index is 1.96.